The Hall–Kier alpha value is -2.68. The highest BCUT2D eigenvalue weighted by Gasteiger charge is 2.30. The van der Waals surface area contributed by atoms with Crippen molar-refractivity contribution in [2.45, 2.75) is 18.8 Å². The van der Waals surface area contributed by atoms with Crippen LogP contribution in [-0.4, -0.2) is 49.1 Å². The minimum atomic E-state index is -0.274. The van der Waals surface area contributed by atoms with Crippen molar-refractivity contribution in [3.8, 4) is 11.6 Å². The highest BCUT2D eigenvalue weighted by Crippen LogP contribution is 2.39. The van der Waals surface area contributed by atoms with Gasteiger partial charge >= 0.3 is 0 Å². The third-order valence-corrected chi connectivity index (χ3v) is 6.27. The fourth-order valence-electron chi connectivity index (χ4n) is 3.71. The molecule has 4 aromatic rings. The summed E-state index contributed by atoms with van der Waals surface area (Å²) in [4.78, 5) is 16.0. The lowest BCUT2D eigenvalue weighted by Crippen LogP contribution is -2.33. The minimum Gasteiger partial charge on any atom is -0.354 e. The van der Waals surface area contributed by atoms with Crippen LogP contribution in [0.25, 0.3) is 28.1 Å². The van der Waals surface area contributed by atoms with Crippen molar-refractivity contribution in [2.24, 2.45) is 0 Å². The molecule has 28 heavy (non-hydrogen) atoms. The molecular weight excluding hydrogens is 379 g/mol. The fraction of sp³-hybridized carbons (Fsp3) is 0.368. The van der Waals surface area contributed by atoms with Gasteiger partial charge in [0.25, 0.3) is 5.89 Å². The van der Waals surface area contributed by atoms with Gasteiger partial charge in [-0.15, -0.1) is 0 Å². The zero-order chi connectivity index (χ0) is 18.7. The molecule has 2 aliphatic rings. The fourth-order valence-corrected chi connectivity index (χ4v) is 4.61. The topological polar surface area (TPSA) is 72.3 Å². The number of thioether (sulfide) groups is 1. The van der Waals surface area contributed by atoms with Crippen LogP contribution in [-0.2, 0) is 0 Å². The number of fused-ring (bicyclic) bond motifs is 3. The molecule has 2 fully saturated rings. The Bertz CT molecular complexity index is 1190. The van der Waals surface area contributed by atoms with Crippen LogP contribution in [0.3, 0.4) is 0 Å². The molecule has 0 N–H and O–H groups in total. The number of aromatic nitrogens is 5. The Morgan fingerprint density at radius 3 is 2.82 bits per heavy atom. The van der Waals surface area contributed by atoms with Gasteiger partial charge in [-0.3, -0.25) is 4.40 Å². The van der Waals surface area contributed by atoms with Crippen LogP contribution in [0.4, 0.5) is 10.2 Å². The van der Waals surface area contributed by atoms with E-state index in [0.29, 0.717) is 34.4 Å². The summed E-state index contributed by atoms with van der Waals surface area (Å²) in [5, 5.41) is 4.62. The third kappa shape index (κ3) is 2.49. The Morgan fingerprint density at radius 1 is 1.14 bits per heavy atom. The van der Waals surface area contributed by atoms with E-state index < -0.39 is 0 Å². The first-order chi connectivity index (χ1) is 13.8. The maximum absolute atomic E-state index is 14.8. The molecule has 0 atom stereocenters. The van der Waals surface area contributed by atoms with Gasteiger partial charge in [-0.2, -0.15) is 16.7 Å². The molecule has 1 aliphatic carbocycles. The Balaban J connectivity index is 1.59. The van der Waals surface area contributed by atoms with E-state index in [4.69, 9.17) is 9.51 Å². The zero-order valence-electron chi connectivity index (χ0n) is 15.0. The number of halogens is 1. The summed E-state index contributed by atoms with van der Waals surface area (Å²) >= 11 is 1.91. The number of rotatable bonds is 3. The van der Waals surface area contributed by atoms with Gasteiger partial charge in [-0.1, -0.05) is 11.2 Å². The third-order valence-electron chi connectivity index (χ3n) is 5.33. The van der Waals surface area contributed by atoms with E-state index >= 15 is 0 Å². The molecule has 0 unspecified atom stereocenters. The smallest absolute Gasteiger partial charge is 0.280 e. The minimum absolute atomic E-state index is 0.274. The van der Waals surface area contributed by atoms with Crippen LogP contribution in [0.1, 0.15) is 24.6 Å². The van der Waals surface area contributed by atoms with Gasteiger partial charge in [0, 0.05) is 30.5 Å². The van der Waals surface area contributed by atoms with Gasteiger partial charge in [0.15, 0.2) is 17.2 Å². The lowest BCUT2D eigenvalue weighted by molar-refractivity contribution is 0.422. The molecule has 0 bridgehead atoms. The van der Waals surface area contributed by atoms with Crippen LogP contribution >= 0.6 is 11.8 Å². The van der Waals surface area contributed by atoms with E-state index in [2.05, 4.69) is 20.0 Å². The predicted molar refractivity (Wildman–Crippen MR) is 105 cm³/mol. The second-order valence-electron chi connectivity index (χ2n) is 7.19. The molecule has 1 saturated carbocycles. The molecule has 1 aromatic carbocycles. The second-order valence-corrected chi connectivity index (χ2v) is 8.41. The van der Waals surface area contributed by atoms with Crippen molar-refractivity contribution in [3.63, 3.8) is 0 Å². The maximum Gasteiger partial charge on any atom is 0.280 e. The standard InChI is InChI=1S/C19H17FN6OS/c20-12-2-1-3-13-14(12)17(25-6-8-28-9-7-25)23-18-15(21-10-26(13)18)19-22-16(24-27-19)11-4-5-11/h1-3,10-11H,4-9H2. The Morgan fingerprint density at radius 2 is 2.00 bits per heavy atom. The summed E-state index contributed by atoms with van der Waals surface area (Å²) in [6.45, 7) is 1.68. The van der Waals surface area contributed by atoms with Crippen LogP contribution in [0.15, 0.2) is 29.0 Å². The summed E-state index contributed by atoms with van der Waals surface area (Å²) in [5.74, 6) is 3.89. The van der Waals surface area contributed by atoms with Crippen molar-refractivity contribution in [1.82, 2.24) is 24.5 Å². The van der Waals surface area contributed by atoms with Crippen molar-refractivity contribution in [3.05, 3.63) is 36.2 Å². The summed E-state index contributed by atoms with van der Waals surface area (Å²) < 4.78 is 22.1. The first-order valence-electron chi connectivity index (χ1n) is 9.41. The molecule has 0 spiro atoms. The van der Waals surface area contributed by atoms with Crippen molar-refractivity contribution < 1.29 is 8.91 Å². The molecule has 1 aliphatic heterocycles. The second kappa shape index (κ2) is 6.16. The predicted octanol–water partition coefficient (Wildman–Crippen LogP) is 3.50. The van der Waals surface area contributed by atoms with E-state index in [0.717, 1.165) is 48.8 Å². The molecule has 1 saturated heterocycles. The molecule has 0 radical (unpaired) electrons. The van der Waals surface area contributed by atoms with Crippen LogP contribution in [0.2, 0.25) is 0 Å². The molecule has 9 heteroatoms. The number of anilines is 1. The number of hydrogen-bond donors (Lipinski definition) is 0. The summed E-state index contributed by atoms with van der Waals surface area (Å²) in [6.07, 6.45) is 3.85. The first-order valence-corrected chi connectivity index (χ1v) is 10.6. The van der Waals surface area contributed by atoms with Gasteiger partial charge in [0.2, 0.25) is 0 Å². The maximum atomic E-state index is 14.8. The quantitative estimate of drug-likeness (QED) is 0.525. The largest absolute Gasteiger partial charge is 0.354 e. The summed E-state index contributed by atoms with van der Waals surface area (Å²) in [6, 6.07) is 5.09. The number of nitrogens with zero attached hydrogens (tertiary/aromatic N) is 6. The number of imidazole rings is 1. The average molecular weight is 396 g/mol. The van der Waals surface area contributed by atoms with Crippen LogP contribution in [0, 0.1) is 5.82 Å². The van der Waals surface area contributed by atoms with Crippen LogP contribution in [0.5, 0.6) is 0 Å². The number of benzene rings is 1. The van der Waals surface area contributed by atoms with Gasteiger partial charge in [0.1, 0.15) is 18.0 Å². The molecule has 7 nitrogen and oxygen atoms in total. The molecule has 6 rings (SSSR count). The lowest BCUT2D eigenvalue weighted by atomic mass is 10.2. The SMILES string of the molecule is Fc1cccc2c1c(N1CCSCC1)nc1c(-c3nc(C4CC4)no3)ncn12. The van der Waals surface area contributed by atoms with E-state index in [9.17, 15) is 4.39 Å². The highest BCUT2D eigenvalue weighted by atomic mass is 32.2. The highest BCUT2D eigenvalue weighted by molar-refractivity contribution is 7.99. The molecule has 0 amide bonds. The van der Waals surface area contributed by atoms with Crippen molar-refractivity contribution >= 4 is 34.1 Å². The molecule has 3 aromatic heterocycles. The molecule has 4 heterocycles. The van der Waals surface area contributed by atoms with Crippen molar-refractivity contribution in [1.29, 1.82) is 0 Å². The molecular formula is C19H17FN6OS. The Labute approximate surface area is 164 Å². The van der Waals surface area contributed by atoms with Gasteiger partial charge in [-0.05, 0) is 25.0 Å². The van der Waals surface area contributed by atoms with E-state index in [1.165, 1.54) is 6.07 Å². The summed E-state index contributed by atoms with van der Waals surface area (Å²) in [5.41, 5.74) is 1.88. The van der Waals surface area contributed by atoms with Gasteiger partial charge < -0.3 is 9.42 Å². The number of hydrogen-bond acceptors (Lipinski definition) is 7. The summed E-state index contributed by atoms with van der Waals surface area (Å²) in [7, 11) is 0. The van der Waals surface area contributed by atoms with Gasteiger partial charge in [0.05, 0.1) is 10.9 Å². The first kappa shape index (κ1) is 16.3. The zero-order valence-corrected chi connectivity index (χ0v) is 15.8. The normalized spacial score (nSPS) is 17.7. The lowest BCUT2D eigenvalue weighted by Gasteiger charge is -2.28. The Kier molecular flexibility index (Phi) is 3.59. The van der Waals surface area contributed by atoms with E-state index in [1.54, 1.807) is 16.8 Å². The monoisotopic (exact) mass is 396 g/mol. The van der Waals surface area contributed by atoms with E-state index in [-0.39, 0.29) is 5.82 Å². The van der Waals surface area contributed by atoms with Gasteiger partial charge in [-0.25, -0.2) is 14.4 Å². The average Bonchev–Trinajstić information content (AvgIpc) is 3.30. The van der Waals surface area contributed by atoms with Crippen LogP contribution < -0.4 is 4.90 Å². The molecule has 142 valence electrons. The van der Waals surface area contributed by atoms with Crippen molar-refractivity contribution in [2.75, 3.05) is 29.5 Å². The van der Waals surface area contributed by atoms with E-state index in [1.807, 2.05) is 17.8 Å².